The third-order valence-corrected chi connectivity index (χ3v) is 5.23. The third-order valence-electron chi connectivity index (χ3n) is 3.80. The predicted molar refractivity (Wildman–Crippen MR) is 111 cm³/mol. The minimum Gasteiger partial charge on any atom is -0.493 e. The molecule has 1 heterocycles. The fraction of sp³-hybridized carbons (Fsp3) is 0.100. The van der Waals surface area contributed by atoms with E-state index in [4.69, 9.17) is 32.7 Å². The second-order valence-corrected chi connectivity index (χ2v) is 7.15. The van der Waals surface area contributed by atoms with Gasteiger partial charge in [0, 0.05) is 21.0 Å². The normalized spacial score (nSPS) is 11.1. The van der Waals surface area contributed by atoms with Crippen molar-refractivity contribution in [2.45, 2.75) is 0 Å². The lowest BCUT2D eigenvalue weighted by Crippen LogP contribution is -1.91. The van der Waals surface area contributed by atoms with Crippen molar-refractivity contribution >= 4 is 46.2 Å². The second-order valence-electron chi connectivity index (χ2n) is 5.44. The Morgan fingerprint density at radius 1 is 1.11 bits per heavy atom. The van der Waals surface area contributed by atoms with E-state index in [0.29, 0.717) is 37.7 Å². The second kappa shape index (κ2) is 8.45. The summed E-state index contributed by atoms with van der Waals surface area (Å²) < 4.78 is 10.6. The number of hydrogen-bond acceptors (Lipinski definition) is 5. The number of rotatable bonds is 5. The van der Waals surface area contributed by atoms with E-state index in [-0.39, 0.29) is 0 Å². The van der Waals surface area contributed by atoms with E-state index in [1.807, 2.05) is 23.6 Å². The van der Waals surface area contributed by atoms with E-state index in [0.717, 1.165) is 11.3 Å². The molecule has 0 aliphatic heterocycles. The maximum absolute atomic E-state index is 9.56. The Morgan fingerprint density at radius 2 is 1.89 bits per heavy atom. The Labute approximate surface area is 171 Å². The van der Waals surface area contributed by atoms with Gasteiger partial charge in [0.25, 0.3) is 0 Å². The van der Waals surface area contributed by atoms with Crippen LogP contribution in [0.25, 0.3) is 22.9 Å². The lowest BCUT2D eigenvalue weighted by Gasteiger charge is -2.08. The molecule has 3 aromatic rings. The maximum Gasteiger partial charge on any atom is 0.161 e. The first kappa shape index (κ1) is 19.2. The average molecular weight is 417 g/mol. The van der Waals surface area contributed by atoms with Crippen molar-refractivity contribution in [3.05, 3.63) is 62.4 Å². The lowest BCUT2D eigenvalue weighted by atomic mass is 10.1. The number of methoxy groups -OCH3 is 2. The Bertz CT molecular complexity index is 1050. The lowest BCUT2D eigenvalue weighted by molar-refractivity contribution is 0.355. The first-order valence-corrected chi connectivity index (χ1v) is 9.44. The number of benzene rings is 2. The highest BCUT2D eigenvalue weighted by molar-refractivity contribution is 7.11. The summed E-state index contributed by atoms with van der Waals surface area (Å²) >= 11 is 13.5. The van der Waals surface area contributed by atoms with E-state index in [9.17, 15) is 5.26 Å². The number of halogens is 2. The molecule has 0 fully saturated rings. The van der Waals surface area contributed by atoms with Crippen molar-refractivity contribution in [3.8, 4) is 28.8 Å². The van der Waals surface area contributed by atoms with E-state index >= 15 is 0 Å². The number of hydrogen-bond donors (Lipinski definition) is 0. The first-order chi connectivity index (χ1) is 13.0. The molecule has 27 heavy (non-hydrogen) atoms. The van der Waals surface area contributed by atoms with E-state index in [2.05, 4.69) is 11.1 Å². The Morgan fingerprint density at radius 3 is 2.56 bits per heavy atom. The molecular weight excluding hydrogens is 403 g/mol. The van der Waals surface area contributed by atoms with Crippen molar-refractivity contribution in [3.63, 3.8) is 0 Å². The molecule has 4 nitrogen and oxygen atoms in total. The molecule has 0 amide bonds. The molecule has 1 aromatic heterocycles. The number of allylic oxidation sites excluding steroid dienone is 1. The van der Waals surface area contributed by atoms with E-state index < -0.39 is 0 Å². The van der Waals surface area contributed by atoms with Crippen LogP contribution >= 0.6 is 34.5 Å². The monoisotopic (exact) mass is 416 g/mol. The van der Waals surface area contributed by atoms with Crippen LogP contribution in [0.3, 0.4) is 0 Å². The smallest absolute Gasteiger partial charge is 0.161 e. The summed E-state index contributed by atoms with van der Waals surface area (Å²) in [6.07, 6.45) is 1.70. The first-order valence-electron chi connectivity index (χ1n) is 7.81. The van der Waals surface area contributed by atoms with Crippen LogP contribution in [0, 0.1) is 11.3 Å². The zero-order valence-corrected chi connectivity index (χ0v) is 16.8. The van der Waals surface area contributed by atoms with Gasteiger partial charge in [0.2, 0.25) is 0 Å². The molecule has 0 unspecified atom stereocenters. The third kappa shape index (κ3) is 4.25. The molecule has 3 rings (SSSR count). The molecule has 0 bridgehead atoms. The van der Waals surface area contributed by atoms with Crippen LogP contribution in [0.2, 0.25) is 10.0 Å². The van der Waals surface area contributed by atoms with Crippen LogP contribution in [0.5, 0.6) is 11.5 Å². The summed E-state index contributed by atoms with van der Waals surface area (Å²) in [6.45, 7) is 0. The Balaban J connectivity index is 1.96. The van der Waals surface area contributed by atoms with Gasteiger partial charge in [0.05, 0.1) is 25.5 Å². The highest BCUT2D eigenvalue weighted by atomic mass is 35.5. The summed E-state index contributed by atoms with van der Waals surface area (Å²) in [5.41, 5.74) is 2.76. The molecule has 0 aliphatic rings. The van der Waals surface area contributed by atoms with Gasteiger partial charge >= 0.3 is 0 Å². The van der Waals surface area contributed by atoms with E-state index in [1.54, 1.807) is 38.5 Å². The summed E-state index contributed by atoms with van der Waals surface area (Å²) in [5, 5.41) is 13.1. The molecule has 0 atom stereocenters. The summed E-state index contributed by atoms with van der Waals surface area (Å²) in [4.78, 5) is 4.59. The summed E-state index contributed by atoms with van der Waals surface area (Å²) in [6, 6.07) is 12.9. The molecule has 0 radical (unpaired) electrons. The highest BCUT2D eigenvalue weighted by Crippen LogP contribution is 2.34. The molecule has 0 saturated heterocycles. The van der Waals surface area contributed by atoms with Gasteiger partial charge in [0.1, 0.15) is 11.1 Å². The van der Waals surface area contributed by atoms with Gasteiger partial charge in [-0.05, 0) is 42.0 Å². The minimum atomic E-state index is 0.427. The van der Waals surface area contributed by atoms with E-state index in [1.165, 1.54) is 11.3 Å². The van der Waals surface area contributed by atoms with Crippen LogP contribution in [-0.4, -0.2) is 19.2 Å². The van der Waals surface area contributed by atoms with Crippen molar-refractivity contribution < 1.29 is 9.47 Å². The molecule has 136 valence electrons. The van der Waals surface area contributed by atoms with Gasteiger partial charge in [-0.2, -0.15) is 5.26 Å². The molecule has 0 N–H and O–H groups in total. The molecular formula is C20H14Cl2N2O2S. The van der Waals surface area contributed by atoms with Crippen LogP contribution < -0.4 is 9.47 Å². The average Bonchev–Trinajstić information content (AvgIpc) is 3.16. The van der Waals surface area contributed by atoms with Crippen LogP contribution in [-0.2, 0) is 0 Å². The summed E-state index contributed by atoms with van der Waals surface area (Å²) in [5.74, 6) is 1.26. The van der Waals surface area contributed by atoms with Gasteiger partial charge in [-0.25, -0.2) is 4.98 Å². The number of aromatic nitrogens is 1. The number of ether oxygens (including phenoxy) is 2. The Kier molecular flexibility index (Phi) is 6.02. The quantitative estimate of drug-likeness (QED) is 0.464. The number of nitriles is 1. The van der Waals surface area contributed by atoms with Gasteiger partial charge < -0.3 is 9.47 Å². The SMILES string of the molecule is COc1ccc(-c2csc(C(C#N)=Cc3ccc(Cl)cc3Cl)n2)cc1OC. The minimum absolute atomic E-state index is 0.427. The largest absolute Gasteiger partial charge is 0.493 e. The molecule has 0 saturated carbocycles. The van der Waals surface area contributed by atoms with Crippen molar-refractivity contribution in [2.24, 2.45) is 0 Å². The maximum atomic E-state index is 9.56. The van der Waals surface area contributed by atoms with Crippen molar-refractivity contribution in [2.75, 3.05) is 14.2 Å². The molecule has 2 aromatic carbocycles. The zero-order valence-electron chi connectivity index (χ0n) is 14.5. The molecule has 0 spiro atoms. The van der Waals surface area contributed by atoms with Gasteiger partial charge in [-0.1, -0.05) is 29.3 Å². The van der Waals surface area contributed by atoms with Crippen molar-refractivity contribution in [1.82, 2.24) is 4.98 Å². The molecule has 7 heteroatoms. The topological polar surface area (TPSA) is 55.1 Å². The summed E-state index contributed by atoms with van der Waals surface area (Å²) in [7, 11) is 3.17. The van der Waals surface area contributed by atoms with Crippen LogP contribution in [0.4, 0.5) is 0 Å². The van der Waals surface area contributed by atoms with Crippen molar-refractivity contribution in [1.29, 1.82) is 5.26 Å². The standard InChI is InChI=1S/C20H14Cl2N2O2S/c1-25-18-6-4-13(8-19(18)26-2)17-11-27-20(24-17)14(10-23)7-12-3-5-15(21)9-16(12)22/h3-9,11H,1-2H3. The number of thiazole rings is 1. The van der Waals surface area contributed by atoms with Gasteiger partial charge in [0.15, 0.2) is 11.5 Å². The fourth-order valence-corrected chi connectivity index (χ4v) is 3.70. The van der Waals surface area contributed by atoms with Gasteiger partial charge in [-0.3, -0.25) is 0 Å². The zero-order chi connectivity index (χ0) is 19.4. The number of nitrogens with zero attached hydrogens (tertiary/aromatic N) is 2. The predicted octanol–water partition coefficient (Wildman–Crippen LogP) is 6.20. The Hall–Kier alpha value is -2.52. The van der Waals surface area contributed by atoms with Crippen LogP contribution in [0.15, 0.2) is 41.8 Å². The fourth-order valence-electron chi connectivity index (χ4n) is 2.44. The van der Waals surface area contributed by atoms with Crippen LogP contribution in [0.1, 0.15) is 10.6 Å². The van der Waals surface area contributed by atoms with Gasteiger partial charge in [-0.15, -0.1) is 11.3 Å². The molecule has 0 aliphatic carbocycles. The highest BCUT2D eigenvalue weighted by Gasteiger charge is 2.12.